The van der Waals surface area contributed by atoms with Gasteiger partial charge in [0.15, 0.2) is 4.96 Å². The van der Waals surface area contributed by atoms with Gasteiger partial charge in [-0.15, -0.1) is 11.3 Å². The molecule has 3 heterocycles. The van der Waals surface area contributed by atoms with E-state index in [0.29, 0.717) is 6.42 Å². The summed E-state index contributed by atoms with van der Waals surface area (Å²) in [6.45, 7) is 1.82. The molecule has 1 saturated heterocycles. The maximum absolute atomic E-state index is 12.6. The summed E-state index contributed by atoms with van der Waals surface area (Å²) in [4.78, 5) is 20.3. The number of hydrogen-bond donors (Lipinski definition) is 0. The molecule has 124 valence electrons. The summed E-state index contributed by atoms with van der Waals surface area (Å²) >= 11 is 1.60. The molecule has 0 spiro atoms. The Kier molecular flexibility index (Phi) is 4.34. The third-order valence-corrected chi connectivity index (χ3v) is 5.53. The lowest BCUT2D eigenvalue weighted by Crippen LogP contribution is -2.33. The molecule has 0 saturated carbocycles. The summed E-state index contributed by atoms with van der Waals surface area (Å²) in [6, 6.07) is 10.2. The molecule has 0 N–H and O–H groups in total. The van der Waals surface area contributed by atoms with Crippen LogP contribution in [0.5, 0.6) is 0 Å². The van der Waals surface area contributed by atoms with Crippen LogP contribution in [0, 0.1) is 0 Å². The van der Waals surface area contributed by atoms with Crippen molar-refractivity contribution in [2.75, 3.05) is 13.1 Å². The number of carbonyl (C=O) groups excluding carboxylic acids is 1. The lowest BCUT2D eigenvalue weighted by Gasteiger charge is -2.19. The van der Waals surface area contributed by atoms with E-state index in [9.17, 15) is 4.79 Å². The first-order valence-electron chi connectivity index (χ1n) is 8.60. The summed E-state index contributed by atoms with van der Waals surface area (Å²) in [5.74, 6) is 0.242. The molecule has 1 amide bonds. The van der Waals surface area contributed by atoms with Crippen molar-refractivity contribution in [1.29, 1.82) is 0 Å². The molecule has 3 aromatic rings. The van der Waals surface area contributed by atoms with Crippen molar-refractivity contribution in [1.82, 2.24) is 14.3 Å². The highest BCUT2D eigenvalue weighted by Gasteiger charge is 2.18. The summed E-state index contributed by atoms with van der Waals surface area (Å²) in [5.41, 5.74) is 3.11. The van der Waals surface area contributed by atoms with Gasteiger partial charge in [0, 0.05) is 35.9 Å². The normalized spacial score (nSPS) is 15.6. The topological polar surface area (TPSA) is 37.6 Å². The number of thiazole rings is 1. The van der Waals surface area contributed by atoms with Crippen LogP contribution < -0.4 is 0 Å². The van der Waals surface area contributed by atoms with Crippen molar-refractivity contribution >= 4 is 22.2 Å². The highest BCUT2D eigenvalue weighted by molar-refractivity contribution is 7.15. The van der Waals surface area contributed by atoms with Gasteiger partial charge in [-0.2, -0.15) is 0 Å². The molecule has 1 fully saturated rings. The molecule has 5 heteroatoms. The van der Waals surface area contributed by atoms with Crippen molar-refractivity contribution in [3.63, 3.8) is 0 Å². The van der Waals surface area contributed by atoms with Crippen molar-refractivity contribution in [3.05, 3.63) is 47.6 Å². The third kappa shape index (κ3) is 3.08. The molecule has 0 radical (unpaired) electrons. The van der Waals surface area contributed by atoms with Crippen molar-refractivity contribution in [3.8, 4) is 11.3 Å². The van der Waals surface area contributed by atoms with Gasteiger partial charge in [0.2, 0.25) is 5.91 Å². The fraction of sp³-hybridized carbons (Fsp3) is 0.368. The number of aromatic nitrogens is 2. The fourth-order valence-electron chi connectivity index (χ4n) is 3.29. The van der Waals surface area contributed by atoms with Gasteiger partial charge in [0.05, 0.1) is 12.1 Å². The van der Waals surface area contributed by atoms with Gasteiger partial charge in [0.25, 0.3) is 0 Å². The number of benzene rings is 1. The average Bonchev–Trinajstić information content (AvgIpc) is 3.07. The predicted octanol–water partition coefficient (Wildman–Crippen LogP) is 4.01. The van der Waals surface area contributed by atoms with E-state index in [2.05, 4.69) is 21.9 Å². The van der Waals surface area contributed by atoms with E-state index in [0.717, 1.165) is 47.8 Å². The molecule has 2 aromatic heterocycles. The maximum atomic E-state index is 12.6. The van der Waals surface area contributed by atoms with Crippen molar-refractivity contribution < 1.29 is 4.79 Å². The summed E-state index contributed by atoms with van der Waals surface area (Å²) < 4.78 is 2.07. The summed E-state index contributed by atoms with van der Waals surface area (Å²) in [7, 11) is 0. The van der Waals surface area contributed by atoms with Crippen molar-refractivity contribution in [2.45, 2.75) is 32.1 Å². The Morgan fingerprint density at radius 3 is 2.58 bits per heavy atom. The molecule has 1 aromatic carbocycles. The Morgan fingerprint density at radius 2 is 1.83 bits per heavy atom. The summed E-state index contributed by atoms with van der Waals surface area (Å²) in [6.07, 6.45) is 7.27. The van der Waals surface area contributed by atoms with E-state index in [1.807, 2.05) is 29.3 Å². The third-order valence-electron chi connectivity index (χ3n) is 4.64. The zero-order chi connectivity index (χ0) is 16.4. The highest BCUT2D eigenvalue weighted by Crippen LogP contribution is 2.24. The van der Waals surface area contributed by atoms with Crippen LogP contribution in [0.3, 0.4) is 0 Å². The number of amides is 1. The zero-order valence-electron chi connectivity index (χ0n) is 13.6. The monoisotopic (exact) mass is 339 g/mol. The van der Waals surface area contributed by atoms with Gasteiger partial charge in [-0.25, -0.2) is 4.98 Å². The van der Waals surface area contributed by atoms with E-state index in [1.54, 1.807) is 11.3 Å². The molecule has 4 rings (SSSR count). The van der Waals surface area contributed by atoms with Gasteiger partial charge in [-0.3, -0.25) is 9.20 Å². The SMILES string of the molecule is O=C(Cc1csc2nc(-c3ccccc3)cn12)N1CCCCCC1. The minimum Gasteiger partial charge on any atom is -0.342 e. The number of nitrogens with zero attached hydrogens (tertiary/aromatic N) is 3. The van der Waals surface area contributed by atoms with Crippen molar-refractivity contribution in [2.24, 2.45) is 0 Å². The molecule has 0 atom stereocenters. The Hall–Kier alpha value is -2.14. The minimum absolute atomic E-state index is 0.242. The molecule has 0 aliphatic carbocycles. The standard InChI is InChI=1S/C19H21N3OS/c23-18(21-10-6-1-2-7-11-21)12-16-14-24-19-20-17(13-22(16)19)15-8-4-3-5-9-15/h3-5,8-9,13-14H,1-2,6-7,10-12H2. The van der Waals surface area contributed by atoms with Crippen LogP contribution in [0.15, 0.2) is 41.9 Å². The summed E-state index contributed by atoms with van der Waals surface area (Å²) in [5, 5.41) is 2.06. The molecule has 1 aliphatic heterocycles. The van der Waals surface area contributed by atoms with Gasteiger partial charge >= 0.3 is 0 Å². The van der Waals surface area contributed by atoms with Crippen LogP contribution in [0.1, 0.15) is 31.4 Å². The molecule has 4 nitrogen and oxygen atoms in total. The van der Waals surface area contributed by atoms with Crippen LogP contribution in [0.2, 0.25) is 0 Å². The lowest BCUT2D eigenvalue weighted by molar-refractivity contribution is -0.130. The van der Waals surface area contributed by atoms with E-state index >= 15 is 0 Å². The minimum atomic E-state index is 0.242. The Labute approximate surface area is 145 Å². The first kappa shape index (κ1) is 15.4. The van der Waals surface area contributed by atoms with Gasteiger partial charge < -0.3 is 4.90 Å². The second-order valence-electron chi connectivity index (χ2n) is 6.34. The zero-order valence-corrected chi connectivity index (χ0v) is 14.5. The molecular formula is C19H21N3OS. The van der Waals surface area contributed by atoms with Crippen LogP contribution in [0.25, 0.3) is 16.2 Å². The fourth-order valence-corrected chi connectivity index (χ4v) is 4.16. The number of fused-ring (bicyclic) bond motifs is 1. The van der Waals surface area contributed by atoms with Crippen LogP contribution >= 0.6 is 11.3 Å². The average molecular weight is 339 g/mol. The molecule has 0 unspecified atom stereocenters. The second-order valence-corrected chi connectivity index (χ2v) is 7.18. The van der Waals surface area contributed by atoms with Crippen LogP contribution in [-0.2, 0) is 11.2 Å². The van der Waals surface area contributed by atoms with Crippen LogP contribution in [0.4, 0.5) is 0 Å². The Balaban J connectivity index is 1.56. The lowest BCUT2D eigenvalue weighted by atomic mass is 10.2. The number of likely N-dealkylation sites (tertiary alicyclic amines) is 1. The number of imidazole rings is 1. The number of hydrogen-bond acceptors (Lipinski definition) is 3. The Morgan fingerprint density at radius 1 is 1.08 bits per heavy atom. The van der Waals surface area contributed by atoms with Gasteiger partial charge in [-0.05, 0) is 12.8 Å². The van der Waals surface area contributed by atoms with E-state index < -0.39 is 0 Å². The molecular weight excluding hydrogens is 318 g/mol. The van der Waals surface area contributed by atoms with Crippen LogP contribution in [-0.4, -0.2) is 33.3 Å². The second kappa shape index (κ2) is 6.77. The smallest absolute Gasteiger partial charge is 0.228 e. The van der Waals surface area contributed by atoms with E-state index in [4.69, 9.17) is 4.98 Å². The van der Waals surface area contributed by atoms with Gasteiger partial charge in [-0.1, -0.05) is 43.2 Å². The first-order chi connectivity index (χ1) is 11.8. The number of rotatable bonds is 3. The highest BCUT2D eigenvalue weighted by atomic mass is 32.1. The van der Waals surface area contributed by atoms with E-state index in [-0.39, 0.29) is 5.91 Å². The Bertz CT molecular complexity index is 829. The quantitative estimate of drug-likeness (QED) is 0.723. The first-order valence-corrected chi connectivity index (χ1v) is 9.48. The van der Waals surface area contributed by atoms with Gasteiger partial charge in [0.1, 0.15) is 0 Å². The number of carbonyl (C=O) groups is 1. The molecule has 0 bridgehead atoms. The molecule has 24 heavy (non-hydrogen) atoms. The van der Waals surface area contributed by atoms with E-state index in [1.165, 1.54) is 12.8 Å². The largest absolute Gasteiger partial charge is 0.342 e. The maximum Gasteiger partial charge on any atom is 0.228 e. The predicted molar refractivity (Wildman–Crippen MR) is 97.3 cm³/mol. The molecule has 1 aliphatic rings.